The number of tetrazole rings is 1. The van der Waals surface area contributed by atoms with Crippen LogP contribution in [0.25, 0.3) is 0 Å². The van der Waals surface area contributed by atoms with Crippen molar-refractivity contribution in [3.63, 3.8) is 0 Å². The van der Waals surface area contributed by atoms with Crippen LogP contribution in [0, 0.1) is 0 Å². The maximum Gasteiger partial charge on any atom is 0.295 e. The summed E-state index contributed by atoms with van der Waals surface area (Å²) in [6, 6.07) is 3.85. The standard InChI is InChI=1S/C10H12N6O/c1-16(10(17)9-12-14-15-13-9)7-4-8-2-5-11-6-3-8/h2-3,5-6H,4,7H2,1H3,(H,12,13,14,15). The third-order valence-electron chi connectivity index (χ3n) is 2.37. The number of carbonyl (C=O) groups excluding carboxylic acids is 1. The van der Waals surface area contributed by atoms with Gasteiger partial charge >= 0.3 is 0 Å². The van der Waals surface area contributed by atoms with E-state index in [-0.39, 0.29) is 11.7 Å². The molecule has 0 unspecified atom stereocenters. The molecule has 7 nitrogen and oxygen atoms in total. The maximum atomic E-state index is 11.8. The number of rotatable bonds is 4. The molecule has 0 fully saturated rings. The van der Waals surface area contributed by atoms with Gasteiger partial charge in [-0.1, -0.05) is 0 Å². The quantitative estimate of drug-likeness (QED) is 0.795. The number of H-pyrrole nitrogens is 1. The predicted octanol–water partition coefficient (Wildman–Crippen LogP) is -0.0906. The molecule has 0 spiro atoms. The Hall–Kier alpha value is -2.31. The van der Waals surface area contributed by atoms with Crippen molar-refractivity contribution in [3.05, 3.63) is 35.9 Å². The van der Waals surface area contributed by atoms with E-state index in [0.717, 1.165) is 12.0 Å². The molecule has 1 amide bonds. The summed E-state index contributed by atoms with van der Waals surface area (Å²) in [6.07, 6.45) is 4.23. The van der Waals surface area contributed by atoms with Gasteiger partial charge in [0, 0.05) is 26.0 Å². The van der Waals surface area contributed by atoms with E-state index in [4.69, 9.17) is 0 Å². The molecule has 2 aromatic rings. The molecule has 0 aliphatic rings. The van der Waals surface area contributed by atoms with Crippen LogP contribution in [0.5, 0.6) is 0 Å². The van der Waals surface area contributed by atoms with Gasteiger partial charge in [-0.25, -0.2) is 0 Å². The van der Waals surface area contributed by atoms with E-state index in [0.29, 0.717) is 6.54 Å². The van der Waals surface area contributed by atoms with E-state index in [1.165, 1.54) is 0 Å². The number of nitrogens with one attached hydrogen (secondary N) is 1. The largest absolute Gasteiger partial charge is 0.339 e. The minimum absolute atomic E-state index is 0.0854. The molecule has 0 saturated carbocycles. The Balaban J connectivity index is 1.90. The van der Waals surface area contributed by atoms with Crippen molar-refractivity contribution < 1.29 is 4.79 Å². The summed E-state index contributed by atoms with van der Waals surface area (Å²) in [7, 11) is 1.71. The van der Waals surface area contributed by atoms with Gasteiger partial charge < -0.3 is 4.90 Å². The fraction of sp³-hybridized carbons (Fsp3) is 0.300. The molecule has 2 rings (SSSR count). The Kier molecular flexibility index (Phi) is 3.39. The highest BCUT2D eigenvalue weighted by molar-refractivity contribution is 5.89. The third kappa shape index (κ3) is 2.83. The molecule has 0 aliphatic heterocycles. The fourth-order valence-corrected chi connectivity index (χ4v) is 1.37. The fourth-order valence-electron chi connectivity index (χ4n) is 1.37. The molecular formula is C10H12N6O. The van der Waals surface area contributed by atoms with E-state index < -0.39 is 0 Å². The normalized spacial score (nSPS) is 10.2. The zero-order valence-corrected chi connectivity index (χ0v) is 9.37. The first-order chi connectivity index (χ1) is 8.27. The van der Waals surface area contributed by atoms with Crippen LogP contribution in [0.4, 0.5) is 0 Å². The van der Waals surface area contributed by atoms with Gasteiger partial charge in [0.25, 0.3) is 11.7 Å². The molecule has 0 atom stereocenters. The van der Waals surface area contributed by atoms with Crippen LogP contribution in [0.3, 0.4) is 0 Å². The molecule has 0 aromatic carbocycles. The zero-order valence-electron chi connectivity index (χ0n) is 9.37. The Morgan fingerprint density at radius 2 is 2.18 bits per heavy atom. The summed E-state index contributed by atoms with van der Waals surface area (Å²) in [5.41, 5.74) is 1.13. The van der Waals surface area contributed by atoms with Crippen molar-refractivity contribution in [3.8, 4) is 0 Å². The SMILES string of the molecule is CN(CCc1ccncc1)C(=O)c1nn[nH]n1. The van der Waals surface area contributed by atoms with E-state index in [2.05, 4.69) is 25.6 Å². The lowest BCUT2D eigenvalue weighted by Gasteiger charge is -2.14. The summed E-state index contributed by atoms with van der Waals surface area (Å²) in [4.78, 5) is 17.3. The molecule has 0 saturated heterocycles. The van der Waals surface area contributed by atoms with Crippen LogP contribution in [0.15, 0.2) is 24.5 Å². The molecule has 88 valence electrons. The molecule has 2 heterocycles. The van der Waals surface area contributed by atoms with Gasteiger partial charge in [0.05, 0.1) is 0 Å². The van der Waals surface area contributed by atoms with Crippen molar-refractivity contribution >= 4 is 5.91 Å². The van der Waals surface area contributed by atoms with E-state index in [1.807, 2.05) is 12.1 Å². The predicted molar refractivity (Wildman–Crippen MR) is 59.1 cm³/mol. The maximum absolute atomic E-state index is 11.8. The molecule has 0 radical (unpaired) electrons. The monoisotopic (exact) mass is 232 g/mol. The summed E-state index contributed by atoms with van der Waals surface area (Å²) < 4.78 is 0. The third-order valence-corrected chi connectivity index (χ3v) is 2.37. The smallest absolute Gasteiger partial charge is 0.295 e. The van der Waals surface area contributed by atoms with E-state index in [1.54, 1.807) is 24.3 Å². The number of aromatic nitrogens is 5. The van der Waals surface area contributed by atoms with Crippen molar-refractivity contribution in [2.45, 2.75) is 6.42 Å². The van der Waals surface area contributed by atoms with Crippen LogP contribution in [-0.2, 0) is 6.42 Å². The summed E-state index contributed by atoms with van der Waals surface area (Å²) in [5, 5.41) is 12.9. The number of nitrogens with zero attached hydrogens (tertiary/aromatic N) is 5. The minimum atomic E-state index is -0.243. The second kappa shape index (κ2) is 5.15. The van der Waals surface area contributed by atoms with Crippen LogP contribution in [0.2, 0.25) is 0 Å². The molecule has 2 aromatic heterocycles. The number of hydrogen-bond donors (Lipinski definition) is 1. The second-order valence-corrected chi connectivity index (χ2v) is 3.57. The number of hydrogen-bond acceptors (Lipinski definition) is 5. The van der Waals surface area contributed by atoms with Gasteiger partial charge in [0.1, 0.15) is 0 Å². The van der Waals surface area contributed by atoms with Crippen LogP contribution >= 0.6 is 0 Å². The number of aromatic amines is 1. The lowest BCUT2D eigenvalue weighted by Crippen LogP contribution is -2.29. The topological polar surface area (TPSA) is 87.7 Å². The Morgan fingerprint density at radius 1 is 1.41 bits per heavy atom. The van der Waals surface area contributed by atoms with Gasteiger partial charge in [-0.3, -0.25) is 9.78 Å². The second-order valence-electron chi connectivity index (χ2n) is 3.57. The van der Waals surface area contributed by atoms with Gasteiger partial charge in [0.15, 0.2) is 0 Å². The van der Waals surface area contributed by atoms with Crippen molar-refractivity contribution in [1.82, 2.24) is 30.5 Å². The Morgan fingerprint density at radius 3 is 2.82 bits per heavy atom. The van der Waals surface area contributed by atoms with E-state index >= 15 is 0 Å². The average molecular weight is 232 g/mol. The number of pyridine rings is 1. The van der Waals surface area contributed by atoms with Crippen molar-refractivity contribution in [2.24, 2.45) is 0 Å². The average Bonchev–Trinajstić information content (AvgIpc) is 2.90. The highest BCUT2D eigenvalue weighted by Crippen LogP contribution is 2.00. The molecular weight excluding hydrogens is 220 g/mol. The first kappa shape index (κ1) is 11.2. The van der Waals surface area contributed by atoms with Gasteiger partial charge in [-0.05, 0) is 29.3 Å². The van der Waals surface area contributed by atoms with Crippen LogP contribution in [-0.4, -0.2) is 50.0 Å². The lowest BCUT2D eigenvalue weighted by molar-refractivity contribution is 0.0784. The van der Waals surface area contributed by atoms with Crippen molar-refractivity contribution in [2.75, 3.05) is 13.6 Å². The van der Waals surface area contributed by atoms with E-state index in [9.17, 15) is 4.79 Å². The Bertz CT molecular complexity index is 469. The van der Waals surface area contributed by atoms with Crippen LogP contribution in [0.1, 0.15) is 16.2 Å². The minimum Gasteiger partial charge on any atom is -0.339 e. The highest BCUT2D eigenvalue weighted by atomic mass is 16.2. The first-order valence-corrected chi connectivity index (χ1v) is 5.15. The molecule has 17 heavy (non-hydrogen) atoms. The number of likely N-dealkylation sites (N-methyl/N-ethyl adjacent to an activating group) is 1. The summed E-state index contributed by atoms with van der Waals surface area (Å²) in [5.74, 6) is -0.157. The lowest BCUT2D eigenvalue weighted by atomic mass is 10.2. The summed E-state index contributed by atoms with van der Waals surface area (Å²) >= 11 is 0. The van der Waals surface area contributed by atoms with Gasteiger partial charge in [0.2, 0.25) is 0 Å². The number of amides is 1. The zero-order chi connectivity index (χ0) is 12.1. The molecule has 0 bridgehead atoms. The molecule has 7 heteroatoms. The van der Waals surface area contributed by atoms with Gasteiger partial charge in [-0.15, -0.1) is 10.2 Å². The first-order valence-electron chi connectivity index (χ1n) is 5.15. The molecule has 0 aliphatic carbocycles. The van der Waals surface area contributed by atoms with Crippen LogP contribution < -0.4 is 0 Å². The van der Waals surface area contributed by atoms with Gasteiger partial charge in [-0.2, -0.15) is 5.21 Å². The van der Waals surface area contributed by atoms with Crippen molar-refractivity contribution in [1.29, 1.82) is 0 Å². The summed E-state index contributed by atoms with van der Waals surface area (Å²) in [6.45, 7) is 0.595. The number of carbonyl (C=O) groups is 1. The molecule has 1 N–H and O–H groups in total. The Labute approximate surface area is 97.9 Å². The highest BCUT2D eigenvalue weighted by Gasteiger charge is 2.15.